The molecule has 0 fully saturated rings. The van der Waals surface area contributed by atoms with Gasteiger partial charge in [0.2, 0.25) is 0 Å². The maximum Gasteiger partial charge on any atom is 0.293 e. The molecule has 0 atom stereocenters. The van der Waals surface area contributed by atoms with Crippen molar-refractivity contribution >= 4 is 54.8 Å². The molecule has 0 heterocycles. The summed E-state index contributed by atoms with van der Waals surface area (Å²) in [6, 6.07) is 9.08. The standard InChI is InChI=1S/C13H9Br2N3O3/c14-8-2-4-11(12(6-8)18(20)21)17-13(19)7-1-3-10(16)9(15)5-7/h1-6H,16H2,(H,17,19). The fourth-order valence-corrected chi connectivity index (χ4v) is 2.35. The predicted molar refractivity (Wildman–Crippen MR) is 87.3 cm³/mol. The van der Waals surface area contributed by atoms with Gasteiger partial charge in [0.25, 0.3) is 11.6 Å². The van der Waals surface area contributed by atoms with Crippen molar-refractivity contribution in [1.82, 2.24) is 0 Å². The molecule has 0 bridgehead atoms. The first kappa shape index (κ1) is 15.5. The SMILES string of the molecule is Nc1ccc(C(=O)Nc2ccc(Br)cc2[N+](=O)[O-])cc1Br. The van der Waals surface area contributed by atoms with Crippen molar-refractivity contribution in [3.63, 3.8) is 0 Å². The Balaban J connectivity index is 2.31. The number of nitrogens with zero attached hydrogens (tertiary/aromatic N) is 1. The maximum atomic E-state index is 12.1. The van der Waals surface area contributed by atoms with E-state index in [9.17, 15) is 14.9 Å². The number of halogens is 2. The summed E-state index contributed by atoms with van der Waals surface area (Å²) in [6.07, 6.45) is 0. The average Bonchev–Trinajstić information content (AvgIpc) is 2.43. The molecule has 0 aliphatic heterocycles. The molecule has 0 unspecified atom stereocenters. The third-order valence-corrected chi connectivity index (χ3v) is 3.85. The molecule has 0 saturated carbocycles. The van der Waals surface area contributed by atoms with Crippen LogP contribution in [0.1, 0.15) is 10.4 Å². The first-order chi connectivity index (χ1) is 9.88. The third-order valence-electron chi connectivity index (χ3n) is 2.67. The summed E-state index contributed by atoms with van der Waals surface area (Å²) in [5.74, 6) is -0.457. The molecule has 2 rings (SSSR count). The number of nitro groups is 1. The van der Waals surface area contributed by atoms with Gasteiger partial charge in [0, 0.05) is 26.3 Å². The Morgan fingerprint density at radius 1 is 1.19 bits per heavy atom. The van der Waals surface area contributed by atoms with Crippen LogP contribution in [0.25, 0.3) is 0 Å². The molecule has 21 heavy (non-hydrogen) atoms. The van der Waals surface area contributed by atoms with Crippen molar-refractivity contribution in [3.8, 4) is 0 Å². The minimum absolute atomic E-state index is 0.126. The van der Waals surface area contributed by atoms with Crippen LogP contribution >= 0.6 is 31.9 Å². The van der Waals surface area contributed by atoms with Crippen LogP contribution in [0.4, 0.5) is 17.1 Å². The van der Waals surface area contributed by atoms with Gasteiger partial charge in [-0.1, -0.05) is 15.9 Å². The Morgan fingerprint density at radius 3 is 2.52 bits per heavy atom. The third kappa shape index (κ3) is 3.59. The topological polar surface area (TPSA) is 98.3 Å². The number of nitrogens with one attached hydrogen (secondary N) is 1. The number of nitrogens with two attached hydrogens (primary N) is 1. The van der Waals surface area contributed by atoms with Crippen LogP contribution in [0.15, 0.2) is 45.3 Å². The minimum Gasteiger partial charge on any atom is -0.398 e. The van der Waals surface area contributed by atoms with Crippen LogP contribution in [-0.4, -0.2) is 10.8 Å². The van der Waals surface area contributed by atoms with E-state index in [1.54, 1.807) is 24.3 Å². The zero-order valence-electron chi connectivity index (χ0n) is 10.5. The molecule has 0 saturated heterocycles. The van der Waals surface area contributed by atoms with E-state index in [1.165, 1.54) is 12.1 Å². The average molecular weight is 415 g/mol. The van der Waals surface area contributed by atoms with Crippen LogP contribution in [0.3, 0.4) is 0 Å². The van der Waals surface area contributed by atoms with Crippen molar-refractivity contribution in [2.75, 3.05) is 11.1 Å². The van der Waals surface area contributed by atoms with Gasteiger partial charge >= 0.3 is 0 Å². The first-order valence-electron chi connectivity index (χ1n) is 5.69. The van der Waals surface area contributed by atoms with Gasteiger partial charge in [-0.25, -0.2) is 0 Å². The van der Waals surface area contributed by atoms with E-state index < -0.39 is 10.8 Å². The molecule has 0 aliphatic rings. The number of carbonyl (C=O) groups excluding carboxylic acids is 1. The number of rotatable bonds is 3. The highest BCUT2D eigenvalue weighted by molar-refractivity contribution is 9.10. The van der Waals surface area contributed by atoms with Crippen LogP contribution in [0.5, 0.6) is 0 Å². The zero-order chi connectivity index (χ0) is 15.6. The van der Waals surface area contributed by atoms with E-state index in [-0.39, 0.29) is 11.4 Å². The van der Waals surface area contributed by atoms with Gasteiger partial charge in [0.05, 0.1) is 4.92 Å². The van der Waals surface area contributed by atoms with E-state index in [0.717, 1.165) is 0 Å². The number of nitrogen functional groups attached to an aromatic ring is 1. The van der Waals surface area contributed by atoms with Gasteiger partial charge in [-0.05, 0) is 46.3 Å². The van der Waals surface area contributed by atoms with Gasteiger partial charge < -0.3 is 11.1 Å². The first-order valence-corrected chi connectivity index (χ1v) is 7.27. The van der Waals surface area contributed by atoms with E-state index in [4.69, 9.17) is 5.73 Å². The number of amides is 1. The summed E-state index contributed by atoms with van der Waals surface area (Å²) in [5.41, 5.74) is 6.43. The lowest BCUT2D eigenvalue weighted by Gasteiger charge is -2.07. The fraction of sp³-hybridized carbons (Fsp3) is 0. The number of hydrogen-bond donors (Lipinski definition) is 2. The molecule has 0 spiro atoms. The summed E-state index contributed by atoms with van der Waals surface area (Å²) in [5, 5.41) is 13.5. The second-order valence-corrected chi connectivity index (χ2v) is 5.88. The van der Waals surface area contributed by atoms with Gasteiger partial charge in [-0.3, -0.25) is 14.9 Å². The molecule has 1 amide bonds. The fourth-order valence-electron chi connectivity index (χ4n) is 1.62. The molecule has 3 N–H and O–H groups in total. The molecule has 8 heteroatoms. The molecular formula is C13H9Br2N3O3. The van der Waals surface area contributed by atoms with Crippen LogP contribution in [0, 0.1) is 10.1 Å². The summed E-state index contributed by atoms with van der Waals surface area (Å²) >= 11 is 6.38. The number of hydrogen-bond acceptors (Lipinski definition) is 4. The number of benzene rings is 2. The molecule has 2 aromatic rings. The Morgan fingerprint density at radius 2 is 1.90 bits per heavy atom. The summed E-state index contributed by atoms with van der Waals surface area (Å²) < 4.78 is 1.14. The van der Waals surface area contributed by atoms with Crippen molar-refractivity contribution in [1.29, 1.82) is 0 Å². The number of nitro benzene ring substituents is 1. The molecule has 6 nitrogen and oxygen atoms in total. The Bertz CT molecular complexity index is 735. The van der Waals surface area contributed by atoms with Crippen molar-refractivity contribution < 1.29 is 9.72 Å². The highest BCUT2D eigenvalue weighted by Gasteiger charge is 2.17. The second-order valence-electron chi connectivity index (χ2n) is 4.11. The van der Waals surface area contributed by atoms with Crippen LogP contribution in [0.2, 0.25) is 0 Å². The second kappa shape index (κ2) is 6.23. The quantitative estimate of drug-likeness (QED) is 0.451. The van der Waals surface area contributed by atoms with E-state index >= 15 is 0 Å². The van der Waals surface area contributed by atoms with Crippen molar-refractivity contribution in [3.05, 3.63) is 61.0 Å². The molecule has 0 aromatic heterocycles. The summed E-state index contributed by atoms with van der Waals surface area (Å²) in [6.45, 7) is 0. The van der Waals surface area contributed by atoms with Crippen molar-refractivity contribution in [2.45, 2.75) is 0 Å². The van der Waals surface area contributed by atoms with E-state index in [0.29, 0.717) is 20.2 Å². The van der Waals surface area contributed by atoms with Gasteiger partial charge in [0.15, 0.2) is 0 Å². The molecule has 2 aromatic carbocycles. The van der Waals surface area contributed by atoms with Gasteiger partial charge in [-0.2, -0.15) is 0 Å². The summed E-state index contributed by atoms with van der Waals surface area (Å²) in [7, 11) is 0. The lowest BCUT2D eigenvalue weighted by Crippen LogP contribution is -2.13. The highest BCUT2D eigenvalue weighted by Crippen LogP contribution is 2.29. The Labute approximate surface area is 136 Å². The van der Waals surface area contributed by atoms with Gasteiger partial charge in [-0.15, -0.1) is 0 Å². The zero-order valence-corrected chi connectivity index (χ0v) is 13.6. The number of carbonyl (C=O) groups is 1. The smallest absolute Gasteiger partial charge is 0.293 e. The Kier molecular flexibility index (Phi) is 4.59. The monoisotopic (exact) mass is 413 g/mol. The molecular weight excluding hydrogens is 406 g/mol. The van der Waals surface area contributed by atoms with Crippen molar-refractivity contribution in [2.24, 2.45) is 0 Å². The summed E-state index contributed by atoms with van der Waals surface area (Å²) in [4.78, 5) is 22.6. The minimum atomic E-state index is -0.556. The molecule has 108 valence electrons. The Hall–Kier alpha value is -1.93. The van der Waals surface area contributed by atoms with E-state index in [1.807, 2.05) is 0 Å². The maximum absolute atomic E-state index is 12.1. The van der Waals surface area contributed by atoms with Crippen LogP contribution < -0.4 is 11.1 Å². The highest BCUT2D eigenvalue weighted by atomic mass is 79.9. The normalized spacial score (nSPS) is 10.2. The lowest BCUT2D eigenvalue weighted by molar-refractivity contribution is -0.384. The number of anilines is 2. The molecule has 0 radical (unpaired) electrons. The van der Waals surface area contributed by atoms with E-state index in [2.05, 4.69) is 37.2 Å². The molecule has 0 aliphatic carbocycles. The van der Waals surface area contributed by atoms with Gasteiger partial charge in [0.1, 0.15) is 5.69 Å². The lowest BCUT2D eigenvalue weighted by atomic mass is 10.2. The largest absolute Gasteiger partial charge is 0.398 e. The predicted octanol–water partition coefficient (Wildman–Crippen LogP) is 3.95. The van der Waals surface area contributed by atoms with Crippen LogP contribution in [-0.2, 0) is 0 Å².